The van der Waals surface area contributed by atoms with Crippen molar-refractivity contribution in [2.24, 2.45) is 5.92 Å². The summed E-state index contributed by atoms with van der Waals surface area (Å²) >= 11 is 0. The zero-order valence-corrected chi connectivity index (χ0v) is 16.7. The number of fused-ring (bicyclic) bond motifs is 1. The van der Waals surface area contributed by atoms with Crippen molar-refractivity contribution in [2.75, 3.05) is 7.11 Å². The smallest absolute Gasteiger partial charge is 0.119 e. The molecule has 1 aromatic carbocycles. The molecule has 0 unspecified atom stereocenters. The summed E-state index contributed by atoms with van der Waals surface area (Å²) in [6, 6.07) is 13.1. The number of aromatic nitrogens is 2. The van der Waals surface area contributed by atoms with E-state index in [9.17, 15) is 0 Å². The summed E-state index contributed by atoms with van der Waals surface area (Å²) in [5.41, 5.74) is 5.58. The first kappa shape index (κ1) is 18.1. The van der Waals surface area contributed by atoms with Gasteiger partial charge >= 0.3 is 0 Å². The summed E-state index contributed by atoms with van der Waals surface area (Å²) in [6.07, 6.45) is 10.2. The Bertz CT molecular complexity index is 904. The van der Waals surface area contributed by atoms with E-state index >= 15 is 0 Å². The Morgan fingerprint density at radius 3 is 2.67 bits per heavy atom. The van der Waals surface area contributed by atoms with Gasteiger partial charge in [0.25, 0.3) is 0 Å². The van der Waals surface area contributed by atoms with Gasteiger partial charge in [-0.3, -0.25) is 0 Å². The van der Waals surface area contributed by atoms with E-state index in [4.69, 9.17) is 4.74 Å². The Kier molecular flexibility index (Phi) is 5.20. The molecule has 3 nitrogen and oxygen atoms in total. The summed E-state index contributed by atoms with van der Waals surface area (Å²) in [4.78, 5) is 4.37. The van der Waals surface area contributed by atoms with Gasteiger partial charge in [-0.15, -0.1) is 0 Å². The summed E-state index contributed by atoms with van der Waals surface area (Å²) < 4.78 is 7.71. The van der Waals surface area contributed by atoms with E-state index in [-0.39, 0.29) is 0 Å². The Morgan fingerprint density at radius 2 is 1.93 bits per heavy atom. The molecule has 0 aliphatic heterocycles. The van der Waals surface area contributed by atoms with Crippen LogP contribution in [0.1, 0.15) is 68.2 Å². The van der Waals surface area contributed by atoms with Gasteiger partial charge in [-0.2, -0.15) is 0 Å². The standard InChI is InChI=1S/C24H30N2O/c1-17(2)23-12-11-21-15-25-16-26(21)24(23)13-18-7-9-19(10-8-18)20-5-4-6-22(14-20)27-3/h4-6,11-12,14-19H,7-10,13H2,1-3H3. The van der Waals surface area contributed by atoms with E-state index in [1.54, 1.807) is 7.11 Å². The van der Waals surface area contributed by atoms with Crippen molar-refractivity contribution in [1.82, 2.24) is 9.38 Å². The second-order valence-electron chi connectivity index (χ2n) is 8.28. The minimum absolute atomic E-state index is 0.542. The number of ether oxygens (including phenoxy) is 1. The largest absolute Gasteiger partial charge is 0.497 e. The minimum Gasteiger partial charge on any atom is -0.497 e. The third kappa shape index (κ3) is 3.73. The van der Waals surface area contributed by atoms with Crippen LogP contribution in [0.2, 0.25) is 0 Å². The summed E-state index contributed by atoms with van der Waals surface area (Å²) in [7, 11) is 1.75. The second kappa shape index (κ2) is 7.75. The number of methoxy groups -OCH3 is 1. The molecule has 0 spiro atoms. The van der Waals surface area contributed by atoms with Crippen molar-refractivity contribution >= 4 is 5.52 Å². The maximum absolute atomic E-state index is 5.41. The number of imidazole rings is 1. The van der Waals surface area contributed by atoms with E-state index in [0.29, 0.717) is 11.8 Å². The zero-order chi connectivity index (χ0) is 18.8. The van der Waals surface area contributed by atoms with Crippen molar-refractivity contribution in [3.63, 3.8) is 0 Å². The molecule has 0 bridgehead atoms. The molecule has 1 aliphatic rings. The molecule has 1 saturated carbocycles. The van der Waals surface area contributed by atoms with Gasteiger partial charge in [0, 0.05) is 5.69 Å². The van der Waals surface area contributed by atoms with Crippen molar-refractivity contribution in [3.05, 3.63) is 65.7 Å². The van der Waals surface area contributed by atoms with E-state index in [1.807, 2.05) is 18.6 Å². The van der Waals surface area contributed by atoms with Crippen LogP contribution in [-0.4, -0.2) is 16.5 Å². The van der Waals surface area contributed by atoms with Gasteiger partial charge in [-0.25, -0.2) is 4.98 Å². The van der Waals surface area contributed by atoms with Crippen LogP contribution in [0.15, 0.2) is 48.9 Å². The topological polar surface area (TPSA) is 26.5 Å². The molecular formula is C24H30N2O. The van der Waals surface area contributed by atoms with Gasteiger partial charge in [-0.05, 0) is 79.2 Å². The highest BCUT2D eigenvalue weighted by atomic mass is 16.5. The minimum atomic E-state index is 0.542. The van der Waals surface area contributed by atoms with E-state index in [1.165, 1.54) is 48.0 Å². The van der Waals surface area contributed by atoms with Gasteiger partial charge in [0.1, 0.15) is 5.75 Å². The fraction of sp³-hybridized carbons (Fsp3) is 0.458. The predicted octanol–water partition coefficient (Wildman–Crippen LogP) is 5.98. The zero-order valence-electron chi connectivity index (χ0n) is 16.7. The Hall–Kier alpha value is -2.29. The van der Waals surface area contributed by atoms with Crippen LogP contribution in [0.4, 0.5) is 0 Å². The van der Waals surface area contributed by atoms with Gasteiger partial charge in [0.15, 0.2) is 0 Å². The average Bonchev–Trinajstić information content (AvgIpc) is 3.18. The number of hydrogen-bond acceptors (Lipinski definition) is 2. The van der Waals surface area contributed by atoms with Gasteiger partial charge < -0.3 is 9.14 Å². The lowest BCUT2D eigenvalue weighted by Gasteiger charge is -2.30. The normalized spacial score (nSPS) is 20.3. The van der Waals surface area contributed by atoms with E-state index in [0.717, 1.165) is 18.1 Å². The van der Waals surface area contributed by atoms with Crippen LogP contribution in [0.5, 0.6) is 5.75 Å². The van der Waals surface area contributed by atoms with Gasteiger partial charge in [0.2, 0.25) is 0 Å². The van der Waals surface area contributed by atoms with Crippen LogP contribution in [0.3, 0.4) is 0 Å². The van der Waals surface area contributed by atoms with Crippen LogP contribution >= 0.6 is 0 Å². The monoisotopic (exact) mass is 362 g/mol. The predicted molar refractivity (Wildman–Crippen MR) is 111 cm³/mol. The molecule has 0 amide bonds. The molecule has 2 aromatic heterocycles. The molecule has 0 radical (unpaired) electrons. The first-order chi connectivity index (χ1) is 13.2. The third-order valence-corrected chi connectivity index (χ3v) is 6.24. The second-order valence-corrected chi connectivity index (χ2v) is 8.28. The lowest BCUT2D eigenvalue weighted by Crippen LogP contribution is -2.17. The summed E-state index contributed by atoms with van der Waals surface area (Å²) in [6.45, 7) is 4.59. The van der Waals surface area contributed by atoms with Crippen LogP contribution in [0.25, 0.3) is 5.52 Å². The molecule has 1 fully saturated rings. The molecule has 27 heavy (non-hydrogen) atoms. The Labute approximate surface area is 162 Å². The lowest BCUT2D eigenvalue weighted by atomic mass is 9.76. The van der Waals surface area contributed by atoms with Gasteiger partial charge in [0.05, 0.1) is 25.2 Å². The molecule has 0 atom stereocenters. The molecule has 0 saturated heterocycles. The molecule has 3 aromatic rings. The maximum Gasteiger partial charge on any atom is 0.119 e. The van der Waals surface area contributed by atoms with Crippen molar-refractivity contribution in [3.8, 4) is 5.75 Å². The van der Waals surface area contributed by atoms with Gasteiger partial charge in [-0.1, -0.05) is 32.0 Å². The summed E-state index contributed by atoms with van der Waals surface area (Å²) in [5.74, 6) is 2.95. The first-order valence-corrected chi connectivity index (χ1v) is 10.2. The van der Waals surface area contributed by atoms with Crippen LogP contribution in [-0.2, 0) is 6.42 Å². The molecule has 0 N–H and O–H groups in total. The van der Waals surface area contributed by atoms with Crippen molar-refractivity contribution < 1.29 is 4.74 Å². The van der Waals surface area contributed by atoms with Crippen LogP contribution in [0, 0.1) is 5.92 Å². The molecule has 142 valence electrons. The van der Waals surface area contributed by atoms with E-state index < -0.39 is 0 Å². The molecule has 4 rings (SSSR count). The fourth-order valence-electron chi connectivity index (χ4n) is 4.68. The fourth-order valence-corrected chi connectivity index (χ4v) is 4.68. The molecule has 1 aliphatic carbocycles. The number of hydrogen-bond donors (Lipinski definition) is 0. The van der Waals surface area contributed by atoms with Crippen molar-refractivity contribution in [2.45, 2.75) is 57.8 Å². The lowest BCUT2D eigenvalue weighted by molar-refractivity contribution is 0.320. The molecular weight excluding hydrogens is 332 g/mol. The van der Waals surface area contributed by atoms with E-state index in [2.05, 4.69) is 53.6 Å². The highest BCUT2D eigenvalue weighted by molar-refractivity contribution is 5.49. The number of benzene rings is 1. The highest BCUT2D eigenvalue weighted by Gasteiger charge is 2.24. The highest BCUT2D eigenvalue weighted by Crippen LogP contribution is 2.38. The number of rotatable bonds is 5. The Balaban J connectivity index is 1.49. The third-order valence-electron chi connectivity index (χ3n) is 6.24. The maximum atomic E-state index is 5.41. The first-order valence-electron chi connectivity index (χ1n) is 10.2. The molecule has 3 heteroatoms. The average molecular weight is 363 g/mol. The SMILES string of the molecule is COc1cccc(C2CCC(Cc3c(C(C)C)ccc4cncn34)CC2)c1. The number of nitrogens with zero attached hydrogens (tertiary/aromatic N) is 2. The number of pyridine rings is 1. The Morgan fingerprint density at radius 1 is 1.11 bits per heavy atom. The van der Waals surface area contributed by atoms with Crippen LogP contribution < -0.4 is 4.74 Å². The molecule has 2 heterocycles. The quantitative estimate of drug-likeness (QED) is 0.558. The summed E-state index contributed by atoms with van der Waals surface area (Å²) in [5, 5.41) is 0. The van der Waals surface area contributed by atoms with Crippen molar-refractivity contribution in [1.29, 1.82) is 0 Å².